The average Bonchev–Trinajstić information content (AvgIpc) is 2.17. The van der Waals surface area contributed by atoms with Gasteiger partial charge < -0.3 is 5.11 Å². The van der Waals surface area contributed by atoms with Gasteiger partial charge in [-0.15, -0.1) is 0 Å². The third-order valence-corrected chi connectivity index (χ3v) is 1.57. The molecule has 1 rings (SSSR count). The molecule has 80 valence electrons. The summed E-state index contributed by atoms with van der Waals surface area (Å²) in [6.07, 6.45) is 0.420. The number of rotatable bonds is 1. The van der Waals surface area contributed by atoms with Crippen molar-refractivity contribution in [3.05, 3.63) is 41.4 Å². The van der Waals surface area contributed by atoms with E-state index < -0.39 is 16.3 Å². The zero-order valence-corrected chi connectivity index (χ0v) is 8.99. The van der Waals surface area contributed by atoms with Gasteiger partial charge in [0, 0.05) is 10.0 Å². The lowest BCUT2D eigenvalue weighted by Gasteiger charge is -1.80. The van der Waals surface area contributed by atoms with E-state index in [0.29, 0.717) is 6.08 Å². The topological polar surface area (TPSA) is 71.4 Å². The number of hydrogen-bond acceptors (Lipinski definition) is 3. The lowest BCUT2D eigenvalue weighted by atomic mass is 10.4. The highest BCUT2D eigenvalue weighted by Crippen LogP contribution is 2.03. The zero-order chi connectivity index (χ0) is 11.7. The van der Waals surface area contributed by atoms with Crippen LogP contribution in [0.1, 0.15) is 0 Å². The van der Waals surface area contributed by atoms with Crippen molar-refractivity contribution < 1.29 is 18.3 Å². The maximum Gasteiger partial charge on any atom is 0.337 e. The minimum absolute atomic E-state index is 0.420. The minimum atomic E-state index is -2.52. The summed E-state index contributed by atoms with van der Waals surface area (Å²) in [5.74, 6) is -1.32. The van der Waals surface area contributed by atoms with Gasteiger partial charge in [0.2, 0.25) is 0 Å². The van der Waals surface area contributed by atoms with Crippen LogP contribution in [0.4, 0.5) is 0 Å². The normalized spacial score (nSPS) is 7.80. The molecule has 0 saturated heterocycles. The molecule has 0 atom stereocenters. The van der Waals surface area contributed by atoms with Gasteiger partial charge in [-0.25, -0.2) is 4.79 Å². The molecule has 0 aliphatic carbocycles. The molecular formula is C9H7ClO4S. The molecule has 0 heterocycles. The van der Waals surface area contributed by atoms with Crippen LogP contribution in [0.2, 0.25) is 5.02 Å². The lowest BCUT2D eigenvalue weighted by molar-refractivity contribution is -0.131. The molecule has 0 aliphatic rings. The van der Waals surface area contributed by atoms with Crippen LogP contribution in [0.25, 0.3) is 0 Å². The number of hydrogen-bond donors (Lipinski definition) is 1. The second-order valence-electron chi connectivity index (χ2n) is 2.13. The summed E-state index contributed by atoms with van der Waals surface area (Å²) < 4.78 is 19.0. The van der Waals surface area contributed by atoms with E-state index in [9.17, 15) is 13.2 Å². The molecule has 6 heteroatoms. The number of halogens is 1. The molecule has 0 spiro atoms. The van der Waals surface area contributed by atoms with Gasteiger partial charge in [-0.1, -0.05) is 29.8 Å². The Hall–Kier alpha value is -1.55. The van der Waals surface area contributed by atoms with E-state index in [1.54, 1.807) is 0 Å². The molecular weight excluding hydrogens is 240 g/mol. The van der Waals surface area contributed by atoms with Gasteiger partial charge in [-0.2, -0.15) is 8.42 Å². The van der Waals surface area contributed by atoms with Gasteiger partial charge >= 0.3 is 5.97 Å². The van der Waals surface area contributed by atoms with Crippen LogP contribution in [0, 0.1) is 0 Å². The van der Waals surface area contributed by atoms with Gasteiger partial charge in [0.1, 0.15) is 0 Å². The molecule has 0 radical (unpaired) electrons. The molecule has 0 unspecified atom stereocenters. The first-order chi connectivity index (χ1) is 7.02. The molecule has 4 nitrogen and oxygen atoms in total. The van der Waals surface area contributed by atoms with Crippen LogP contribution in [0.3, 0.4) is 0 Å². The Morgan fingerprint density at radius 3 is 2.07 bits per heavy atom. The van der Waals surface area contributed by atoms with Gasteiger partial charge in [0.25, 0.3) is 10.3 Å². The van der Waals surface area contributed by atoms with Gasteiger partial charge in [0.05, 0.1) is 6.08 Å². The van der Waals surface area contributed by atoms with Crippen molar-refractivity contribution in [2.75, 3.05) is 0 Å². The summed E-state index contributed by atoms with van der Waals surface area (Å²) in [6, 6.07) is 9.44. The molecule has 0 fully saturated rings. The molecule has 0 aliphatic heterocycles. The van der Waals surface area contributed by atoms with Crippen LogP contribution >= 0.6 is 11.6 Å². The number of carbonyl (C=O) groups is 1. The number of benzene rings is 1. The highest BCUT2D eigenvalue weighted by atomic mass is 35.5. The molecule has 1 aromatic carbocycles. The van der Waals surface area contributed by atoms with E-state index >= 15 is 0 Å². The average molecular weight is 247 g/mol. The largest absolute Gasteiger partial charge is 0.478 e. The van der Waals surface area contributed by atoms with Gasteiger partial charge in [0.15, 0.2) is 0 Å². The van der Waals surface area contributed by atoms with Crippen molar-refractivity contribution >= 4 is 32.9 Å². The van der Waals surface area contributed by atoms with Crippen molar-refractivity contribution in [2.45, 2.75) is 0 Å². The van der Waals surface area contributed by atoms with E-state index in [-0.39, 0.29) is 0 Å². The maximum absolute atomic E-state index is 9.51. The maximum atomic E-state index is 9.51. The van der Waals surface area contributed by atoms with Crippen LogP contribution in [0.15, 0.2) is 36.4 Å². The smallest absolute Gasteiger partial charge is 0.337 e. The minimum Gasteiger partial charge on any atom is -0.478 e. The second kappa shape index (κ2) is 7.82. The predicted molar refractivity (Wildman–Crippen MR) is 57.6 cm³/mol. The molecule has 15 heavy (non-hydrogen) atoms. The number of aliphatic carboxylic acids is 1. The highest BCUT2D eigenvalue weighted by Gasteiger charge is 1.79. The van der Waals surface area contributed by atoms with Crippen LogP contribution in [-0.4, -0.2) is 24.5 Å². The Balaban J connectivity index is 0.000000262. The quantitative estimate of drug-likeness (QED) is 0.598. The Bertz CT molecular complexity index is 464. The van der Waals surface area contributed by atoms with E-state index in [1.165, 1.54) is 5.02 Å². The zero-order valence-electron chi connectivity index (χ0n) is 7.42. The van der Waals surface area contributed by atoms with E-state index in [4.69, 9.17) is 16.7 Å². The summed E-state index contributed by atoms with van der Waals surface area (Å²) in [6.45, 7) is 0. The highest BCUT2D eigenvalue weighted by molar-refractivity contribution is 7.70. The Labute approximate surface area is 93.0 Å². The first-order valence-electron chi connectivity index (χ1n) is 3.64. The Kier molecular flexibility index (Phi) is 7.01. The van der Waals surface area contributed by atoms with Crippen LogP contribution in [-0.2, 0) is 15.1 Å². The fourth-order valence-electron chi connectivity index (χ4n) is 0.513. The van der Waals surface area contributed by atoms with Crippen LogP contribution < -0.4 is 0 Å². The fraction of sp³-hybridized carbons (Fsp3) is 0. The summed E-state index contributed by atoms with van der Waals surface area (Å²) in [7, 11) is -2.52. The first kappa shape index (κ1) is 13.4. The van der Waals surface area contributed by atoms with Crippen molar-refractivity contribution in [1.82, 2.24) is 0 Å². The lowest BCUT2D eigenvalue weighted by Crippen LogP contribution is -1.85. The monoisotopic (exact) mass is 246 g/mol. The van der Waals surface area contributed by atoms with E-state index in [2.05, 4.69) is 0 Å². The van der Waals surface area contributed by atoms with Gasteiger partial charge in [-0.3, -0.25) is 0 Å². The summed E-state index contributed by atoms with van der Waals surface area (Å²) in [5, 5.41) is 10.1. The molecule has 0 bridgehead atoms. The van der Waals surface area contributed by atoms with Gasteiger partial charge in [-0.05, 0) is 12.1 Å². The standard InChI is InChI=1S/C6H5Cl.C3H2O4S/c7-6-4-2-1-3-5-6;4-3(5)1-2-8(6)7/h1-5H;1H,(H,4,5). The van der Waals surface area contributed by atoms with Crippen molar-refractivity contribution in [1.29, 1.82) is 0 Å². The second-order valence-corrected chi connectivity index (χ2v) is 3.27. The Morgan fingerprint density at radius 2 is 1.87 bits per heavy atom. The third-order valence-electron chi connectivity index (χ3n) is 1.01. The summed E-state index contributed by atoms with van der Waals surface area (Å²) in [4.78, 5) is 9.51. The third kappa shape index (κ3) is 10.4. The summed E-state index contributed by atoms with van der Waals surface area (Å²) >= 11 is 5.54. The predicted octanol–water partition coefficient (Wildman–Crippen LogP) is 1.25. The van der Waals surface area contributed by atoms with Crippen LogP contribution in [0.5, 0.6) is 0 Å². The van der Waals surface area contributed by atoms with Crippen molar-refractivity contribution in [2.24, 2.45) is 0 Å². The Morgan fingerprint density at radius 1 is 1.33 bits per heavy atom. The summed E-state index contributed by atoms with van der Waals surface area (Å²) in [5.41, 5.74) is 0. The molecule has 0 saturated carbocycles. The number of carboxylic acid groups (broad SMARTS) is 1. The fourth-order valence-corrected chi connectivity index (χ4v) is 0.856. The van der Waals surface area contributed by atoms with E-state index in [0.717, 1.165) is 5.02 Å². The van der Waals surface area contributed by atoms with Crippen molar-refractivity contribution in [3.8, 4) is 0 Å². The molecule has 1 aromatic rings. The first-order valence-corrected chi connectivity index (χ1v) is 5.10. The van der Waals surface area contributed by atoms with E-state index in [1.807, 2.05) is 30.3 Å². The molecule has 1 N–H and O–H groups in total. The van der Waals surface area contributed by atoms with Crippen molar-refractivity contribution in [3.63, 3.8) is 0 Å². The SMILES string of the molecule is Clc1ccccc1.O=C(O)C=C=S(=O)=O. The molecule has 0 aromatic heterocycles. The number of carboxylic acids is 1. The molecule has 0 amide bonds.